The van der Waals surface area contributed by atoms with E-state index in [0.717, 1.165) is 0 Å². The molecule has 0 aromatic rings. The first-order valence-electron chi connectivity index (χ1n) is 24.5. The van der Waals surface area contributed by atoms with Crippen LogP contribution in [0.3, 0.4) is 0 Å². The van der Waals surface area contributed by atoms with Crippen LogP contribution in [0.1, 0.15) is 130 Å². The molecule has 11 N–H and O–H groups in total. The molecule has 14 atom stereocenters. The molecule has 422 valence electrons. The molecule has 1 aliphatic carbocycles. The Kier molecular flexibility index (Phi) is 22.2. The van der Waals surface area contributed by atoms with Gasteiger partial charge in [0, 0.05) is 13.1 Å². The fraction of sp³-hybridized carbons (Fsp3) is 0.872. The minimum atomic E-state index is -2.00. The SMILES string of the molecule is CC(C)(C)OC(=O)NCC[C@H](O)C(=O)N[C@@H]1C[C@H](NC(=O)OC(C)(C)C)C(O[C@H]2OC(CNC(=O)OC(C)(C)C)CCC2NC(=O)OC(C)(C)C)C(O)[C@H]1O[C@H]1OC(CO)[C@@H](O)[C@H](NC(=O)OC(C)(C)C)C1O. The number of aliphatic hydroxyl groups is 5. The largest absolute Gasteiger partial charge is 0.444 e. The van der Waals surface area contributed by atoms with Crippen LogP contribution in [0, 0.1) is 0 Å². The van der Waals surface area contributed by atoms with Crippen LogP contribution in [-0.2, 0) is 47.4 Å². The molecule has 0 bridgehead atoms. The predicted octanol–water partition coefficient (Wildman–Crippen LogP) is 1.43. The Labute approximate surface area is 427 Å². The fourth-order valence-corrected chi connectivity index (χ4v) is 7.70. The summed E-state index contributed by atoms with van der Waals surface area (Å²) in [6.07, 6.45) is -21.3. The zero-order valence-corrected chi connectivity index (χ0v) is 44.9. The van der Waals surface area contributed by atoms with Crippen molar-refractivity contribution in [3.63, 3.8) is 0 Å². The van der Waals surface area contributed by atoms with E-state index in [0.29, 0.717) is 0 Å². The van der Waals surface area contributed by atoms with E-state index in [1.807, 2.05) is 0 Å². The molecule has 6 unspecified atom stereocenters. The van der Waals surface area contributed by atoms with Gasteiger partial charge in [0.25, 0.3) is 0 Å². The van der Waals surface area contributed by atoms with Gasteiger partial charge in [-0.15, -0.1) is 0 Å². The first-order valence-corrected chi connectivity index (χ1v) is 24.5. The summed E-state index contributed by atoms with van der Waals surface area (Å²) >= 11 is 0. The van der Waals surface area contributed by atoms with Crippen molar-refractivity contribution in [3.05, 3.63) is 0 Å². The average Bonchev–Trinajstić information content (AvgIpc) is 3.19. The van der Waals surface area contributed by atoms with E-state index in [1.54, 1.807) is 104 Å². The number of nitrogens with one attached hydrogen (secondary N) is 6. The molecule has 0 radical (unpaired) electrons. The van der Waals surface area contributed by atoms with Crippen molar-refractivity contribution in [1.82, 2.24) is 31.9 Å². The zero-order chi connectivity index (χ0) is 55.6. The van der Waals surface area contributed by atoms with Crippen LogP contribution < -0.4 is 31.9 Å². The molecule has 26 heteroatoms. The van der Waals surface area contributed by atoms with Gasteiger partial charge in [-0.1, -0.05) is 0 Å². The Morgan fingerprint density at radius 3 is 1.47 bits per heavy atom. The summed E-state index contributed by atoms with van der Waals surface area (Å²) in [7, 11) is 0. The molecule has 1 saturated carbocycles. The second-order valence-electron chi connectivity index (χ2n) is 23.2. The van der Waals surface area contributed by atoms with Crippen LogP contribution >= 0.6 is 0 Å². The number of ether oxygens (including phenoxy) is 9. The summed E-state index contributed by atoms with van der Waals surface area (Å²) < 4.78 is 52.1. The van der Waals surface area contributed by atoms with Gasteiger partial charge in [-0.2, -0.15) is 0 Å². The van der Waals surface area contributed by atoms with E-state index in [9.17, 15) is 54.3 Å². The summed E-state index contributed by atoms with van der Waals surface area (Å²) in [6.45, 7) is 23.4. The third kappa shape index (κ3) is 22.1. The van der Waals surface area contributed by atoms with Gasteiger partial charge in [0.2, 0.25) is 5.91 Å². The molecule has 2 heterocycles. The molecule has 0 spiro atoms. The van der Waals surface area contributed by atoms with E-state index in [1.165, 1.54) is 0 Å². The minimum Gasteiger partial charge on any atom is -0.444 e. The van der Waals surface area contributed by atoms with E-state index < -0.39 is 163 Å². The second kappa shape index (κ2) is 25.8. The third-order valence-corrected chi connectivity index (χ3v) is 10.6. The lowest BCUT2D eigenvalue weighted by Gasteiger charge is -2.49. The molecule has 3 rings (SSSR count). The highest BCUT2D eigenvalue weighted by Gasteiger charge is 2.54. The monoisotopic (exact) mass is 1050 g/mol. The maximum Gasteiger partial charge on any atom is 0.408 e. The maximum atomic E-state index is 13.8. The Bertz CT molecular complexity index is 1840. The topological polar surface area (TPSA) is 359 Å². The third-order valence-electron chi connectivity index (χ3n) is 10.6. The predicted molar refractivity (Wildman–Crippen MR) is 257 cm³/mol. The summed E-state index contributed by atoms with van der Waals surface area (Å²) in [4.78, 5) is 78.6. The van der Waals surface area contributed by atoms with Crippen LogP contribution in [0.25, 0.3) is 0 Å². The molecular formula is C47H84N6O20. The number of aliphatic hydroxyl groups excluding tert-OH is 5. The normalized spacial score (nSPS) is 29.6. The summed E-state index contributed by atoms with van der Waals surface area (Å²) in [6, 6.07) is -5.39. The van der Waals surface area contributed by atoms with Gasteiger partial charge in [-0.3, -0.25) is 4.79 Å². The van der Waals surface area contributed by atoms with Gasteiger partial charge in [-0.25, -0.2) is 24.0 Å². The number of alkyl carbamates (subject to hydrolysis) is 5. The molecule has 73 heavy (non-hydrogen) atoms. The van der Waals surface area contributed by atoms with E-state index in [2.05, 4.69) is 31.9 Å². The lowest BCUT2D eigenvalue weighted by molar-refractivity contribution is -0.316. The smallest absolute Gasteiger partial charge is 0.408 e. The minimum absolute atomic E-state index is 0.0938. The average molecular weight is 1050 g/mol. The highest BCUT2D eigenvalue weighted by Crippen LogP contribution is 2.34. The van der Waals surface area contributed by atoms with Gasteiger partial charge in [-0.05, 0) is 130 Å². The van der Waals surface area contributed by atoms with Crippen molar-refractivity contribution in [3.8, 4) is 0 Å². The summed E-state index contributed by atoms with van der Waals surface area (Å²) in [5, 5.41) is 72.3. The Hall–Kier alpha value is -4.54. The second-order valence-corrected chi connectivity index (χ2v) is 23.2. The molecule has 0 aromatic heterocycles. The Morgan fingerprint density at radius 1 is 0.534 bits per heavy atom. The lowest BCUT2D eigenvalue weighted by Crippen LogP contribution is -2.70. The highest BCUT2D eigenvalue weighted by atomic mass is 16.7. The van der Waals surface area contributed by atoms with Gasteiger partial charge < -0.3 is 100 Å². The molecule has 26 nitrogen and oxygen atoms in total. The number of rotatable bonds is 15. The number of carbonyl (C=O) groups excluding carboxylic acids is 6. The zero-order valence-electron chi connectivity index (χ0n) is 44.9. The van der Waals surface area contributed by atoms with Crippen molar-refractivity contribution >= 4 is 36.4 Å². The Morgan fingerprint density at radius 2 is 0.973 bits per heavy atom. The van der Waals surface area contributed by atoms with Crippen LogP contribution in [0.15, 0.2) is 0 Å². The summed E-state index contributed by atoms with van der Waals surface area (Å²) in [5.41, 5.74) is -4.64. The number of amides is 6. The van der Waals surface area contributed by atoms with Crippen molar-refractivity contribution < 1.29 is 96.9 Å². The molecule has 6 amide bonds. The first kappa shape index (κ1) is 62.8. The van der Waals surface area contributed by atoms with Crippen LogP contribution in [0.4, 0.5) is 24.0 Å². The van der Waals surface area contributed by atoms with Crippen molar-refractivity contribution in [2.75, 3.05) is 19.7 Å². The quantitative estimate of drug-likeness (QED) is 0.103. The molecule has 3 fully saturated rings. The van der Waals surface area contributed by atoms with Gasteiger partial charge >= 0.3 is 30.5 Å². The molecule has 3 aliphatic rings. The van der Waals surface area contributed by atoms with Crippen molar-refractivity contribution in [2.45, 2.75) is 243 Å². The standard InChI is InChI=1S/C47H84N6O20/c1-43(2,3)69-38(60)48-19-18-27(55)35(59)50-25-20-26(52-41(63)72-46(10,11)12)34(32(58)33(25)68-37-31(57)29(30(56)28(22-54)66-37)53-42(64)73-47(13,14)15)67-36-24(51-40(62)71-45(7,8)9)17-16-23(65-36)21-49-39(61)70-44(4,5)6/h23-34,36-37,54-58H,16-22H2,1-15H3,(H,48,60)(H,49,61)(H,50,59)(H,51,62)(H,52,63)(H,53,64)/t23?,24?,25-,26+,27+,28?,29+,30-,31?,32?,33+,34?,36-,37-/m1/s1. The lowest BCUT2D eigenvalue weighted by atomic mass is 9.83. The van der Waals surface area contributed by atoms with Gasteiger partial charge in [0.1, 0.15) is 70.7 Å². The highest BCUT2D eigenvalue weighted by molar-refractivity contribution is 5.81. The summed E-state index contributed by atoms with van der Waals surface area (Å²) in [5.74, 6) is -1.04. The first-order chi connectivity index (χ1) is 33.3. The van der Waals surface area contributed by atoms with Gasteiger partial charge in [0.15, 0.2) is 12.6 Å². The van der Waals surface area contributed by atoms with E-state index >= 15 is 0 Å². The molecule has 2 aliphatic heterocycles. The molecule has 0 aromatic carbocycles. The molecule has 2 saturated heterocycles. The van der Waals surface area contributed by atoms with Gasteiger partial charge in [0.05, 0.1) is 36.9 Å². The molecular weight excluding hydrogens is 969 g/mol. The van der Waals surface area contributed by atoms with E-state index in [4.69, 9.17) is 42.6 Å². The Balaban J connectivity index is 2.12. The maximum absolute atomic E-state index is 13.8. The van der Waals surface area contributed by atoms with Crippen LogP contribution in [0.5, 0.6) is 0 Å². The fourth-order valence-electron chi connectivity index (χ4n) is 7.70. The van der Waals surface area contributed by atoms with E-state index in [-0.39, 0.29) is 32.4 Å². The number of carbonyl (C=O) groups is 6. The number of hydrogen-bond donors (Lipinski definition) is 11. The van der Waals surface area contributed by atoms with Crippen LogP contribution in [0.2, 0.25) is 0 Å². The van der Waals surface area contributed by atoms with Crippen molar-refractivity contribution in [1.29, 1.82) is 0 Å². The van der Waals surface area contributed by atoms with Crippen molar-refractivity contribution in [2.24, 2.45) is 0 Å². The number of hydrogen-bond acceptors (Lipinski definition) is 20. The van der Waals surface area contributed by atoms with Crippen LogP contribution in [-0.4, -0.2) is 195 Å².